The first-order valence-electron chi connectivity index (χ1n) is 6.35. The molecule has 1 aromatic carbocycles. The van der Waals surface area contributed by atoms with Crippen LogP contribution in [-0.4, -0.2) is 9.97 Å². The molecule has 0 spiro atoms. The molecule has 2 nitrogen and oxygen atoms in total. The van der Waals surface area contributed by atoms with Crippen LogP contribution in [0.4, 0.5) is 0 Å². The van der Waals surface area contributed by atoms with E-state index in [1.54, 1.807) is 12.1 Å². The van der Waals surface area contributed by atoms with Crippen molar-refractivity contribution < 1.29 is 0 Å². The van der Waals surface area contributed by atoms with Gasteiger partial charge >= 0.3 is 0 Å². The number of aromatic nitrogens is 2. The molecular weight excluding hydrogens is 315 g/mol. The lowest BCUT2D eigenvalue weighted by atomic mass is 10.0. The molecule has 0 saturated carbocycles. The summed E-state index contributed by atoms with van der Waals surface area (Å²) >= 11 is 18.3. The first-order chi connectivity index (χ1) is 9.38. The van der Waals surface area contributed by atoms with Crippen LogP contribution in [0, 0.1) is 6.92 Å². The van der Waals surface area contributed by atoms with E-state index < -0.39 is 0 Å². The number of hydrogen-bond donors (Lipinski definition) is 0. The van der Waals surface area contributed by atoms with Crippen molar-refractivity contribution in [2.24, 2.45) is 0 Å². The maximum atomic E-state index is 6.26. The number of nitrogens with zero attached hydrogens (tertiary/aromatic N) is 2. The van der Waals surface area contributed by atoms with Crippen molar-refractivity contribution in [3.63, 3.8) is 0 Å². The highest BCUT2D eigenvalue weighted by Gasteiger charge is 2.14. The van der Waals surface area contributed by atoms with Gasteiger partial charge in [0.05, 0.1) is 0 Å². The molecule has 0 fully saturated rings. The minimum absolute atomic E-state index is 0.302. The van der Waals surface area contributed by atoms with E-state index in [0.29, 0.717) is 33.4 Å². The molecule has 1 heterocycles. The van der Waals surface area contributed by atoms with Gasteiger partial charge in [0.15, 0.2) is 0 Å². The van der Waals surface area contributed by atoms with Gasteiger partial charge in [0.2, 0.25) is 0 Å². The molecule has 0 aliphatic heterocycles. The van der Waals surface area contributed by atoms with Crippen LogP contribution < -0.4 is 0 Å². The summed E-state index contributed by atoms with van der Waals surface area (Å²) in [5.74, 6) is 0.969. The fourth-order valence-corrected chi connectivity index (χ4v) is 3.10. The minimum Gasteiger partial charge on any atom is -0.237 e. The van der Waals surface area contributed by atoms with Crippen molar-refractivity contribution in [3.8, 4) is 0 Å². The van der Waals surface area contributed by atoms with Gasteiger partial charge in [0.1, 0.15) is 11.0 Å². The van der Waals surface area contributed by atoms with E-state index in [4.69, 9.17) is 34.8 Å². The average molecular weight is 330 g/mol. The van der Waals surface area contributed by atoms with Gasteiger partial charge in [-0.2, -0.15) is 0 Å². The fourth-order valence-electron chi connectivity index (χ4n) is 2.17. The van der Waals surface area contributed by atoms with Crippen molar-refractivity contribution >= 4 is 34.8 Å². The molecule has 0 unspecified atom stereocenters. The molecule has 0 bridgehead atoms. The van der Waals surface area contributed by atoms with Gasteiger partial charge < -0.3 is 0 Å². The minimum atomic E-state index is 0.302. The lowest BCUT2D eigenvalue weighted by Gasteiger charge is -2.12. The number of aryl methyl sites for hydroxylation is 1. The van der Waals surface area contributed by atoms with Gasteiger partial charge in [-0.15, -0.1) is 0 Å². The van der Waals surface area contributed by atoms with E-state index in [9.17, 15) is 0 Å². The molecule has 106 valence electrons. The van der Waals surface area contributed by atoms with Gasteiger partial charge in [0.25, 0.3) is 0 Å². The molecular formula is C15H15Cl3N2. The molecule has 1 aromatic heterocycles. The van der Waals surface area contributed by atoms with Crippen molar-refractivity contribution in [1.29, 1.82) is 0 Å². The third-order valence-electron chi connectivity index (χ3n) is 3.08. The predicted octanol–water partition coefficient (Wildman–Crippen LogP) is 5.46. The Morgan fingerprint density at radius 1 is 1.10 bits per heavy atom. The molecule has 0 N–H and O–H groups in total. The lowest BCUT2D eigenvalue weighted by Crippen LogP contribution is -2.05. The molecule has 0 aliphatic rings. The van der Waals surface area contributed by atoms with E-state index in [0.717, 1.165) is 16.8 Å². The first-order valence-corrected chi connectivity index (χ1v) is 7.48. The average Bonchev–Trinajstić information content (AvgIpc) is 2.31. The molecule has 5 heteroatoms. The number of hydrogen-bond acceptors (Lipinski definition) is 2. The highest BCUT2D eigenvalue weighted by Crippen LogP contribution is 2.27. The quantitative estimate of drug-likeness (QED) is 0.699. The van der Waals surface area contributed by atoms with Crippen LogP contribution in [0.1, 0.15) is 42.4 Å². The Morgan fingerprint density at radius 3 is 2.35 bits per heavy atom. The first kappa shape index (κ1) is 15.6. The van der Waals surface area contributed by atoms with Crippen molar-refractivity contribution in [3.05, 3.63) is 56.0 Å². The van der Waals surface area contributed by atoms with Crippen LogP contribution in [0.3, 0.4) is 0 Å². The molecule has 0 radical (unpaired) electrons. The second-order valence-corrected chi connectivity index (χ2v) is 6.20. The summed E-state index contributed by atoms with van der Waals surface area (Å²) in [5, 5.41) is 1.75. The monoisotopic (exact) mass is 328 g/mol. The van der Waals surface area contributed by atoms with E-state index in [-0.39, 0.29) is 0 Å². The van der Waals surface area contributed by atoms with Crippen LogP contribution in [0.5, 0.6) is 0 Å². The Hall–Kier alpha value is -0.830. The van der Waals surface area contributed by atoms with E-state index in [1.807, 2.05) is 13.0 Å². The smallest absolute Gasteiger partial charge is 0.136 e. The van der Waals surface area contributed by atoms with Crippen molar-refractivity contribution in [2.45, 2.75) is 33.1 Å². The third-order valence-corrected chi connectivity index (χ3v) is 3.95. The molecule has 2 rings (SSSR count). The summed E-state index contributed by atoms with van der Waals surface area (Å²) in [5.41, 5.74) is 2.85. The zero-order valence-electron chi connectivity index (χ0n) is 11.5. The zero-order valence-corrected chi connectivity index (χ0v) is 13.8. The fraction of sp³-hybridized carbons (Fsp3) is 0.333. The normalized spacial score (nSPS) is 11.2. The molecule has 2 aromatic rings. The lowest BCUT2D eigenvalue weighted by molar-refractivity contribution is 0.810. The van der Waals surface area contributed by atoms with Crippen LogP contribution in [0.25, 0.3) is 0 Å². The zero-order chi connectivity index (χ0) is 14.9. The molecule has 20 heavy (non-hydrogen) atoms. The second kappa shape index (κ2) is 6.30. The van der Waals surface area contributed by atoms with Gasteiger partial charge in [0, 0.05) is 27.7 Å². The topological polar surface area (TPSA) is 25.8 Å². The van der Waals surface area contributed by atoms with Gasteiger partial charge in [-0.3, -0.25) is 0 Å². The van der Waals surface area contributed by atoms with Crippen LogP contribution in [0.15, 0.2) is 18.2 Å². The van der Waals surface area contributed by atoms with Gasteiger partial charge in [-0.25, -0.2) is 9.97 Å². The molecule has 0 aliphatic carbocycles. The summed E-state index contributed by atoms with van der Waals surface area (Å²) in [6.45, 7) is 6.11. The second-order valence-electron chi connectivity index (χ2n) is 5.00. The van der Waals surface area contributed by atoms with E-state index in [2.05, 4.69) is 23.8 Å². The highest BCUT2D eigenvalue weighted by atomic mass is 35.5. The Kier molecular flexibility index (Phi) is 4.90. The number of rotatable bonds is 3. The van der Waals surface area contributed by atoms with Crippen molar-refractivity contribution in [1.82, 2.24) is 9.97 Å². The SMILES string of the molecule is Cc1nc(Cc2ccc(Cl)cc2Cl)nc(Cl)c1C(C)C. The largest absolute Gasteiger partial charge is 0.237 e. The summed E-state index contributed by atoms with van der Waals surface area (Å²) in [4.78, 5) is 8.90. The third kappa shape index (κ3) is 3.43. The standard InChI is InChI=1S/C15H15Cl3N2/c1-8(2)14-9(3)19-13(20-15(14)18)6-10-4-5-11(16)7-12(10)17/h4-5,7-8H,6H2,1-3H3. The molecule has 0 atom stereocenters. The Morgan fingerprint density at radius 2 is 1.80 bits per heavy atom. The summed E-state index contributed by atoms with van der Waals surface area (Å²) in [6, 6.07) is 5.41. The summed E-state index contributed by atoms with van der Waals surface area (Å²) < 4.78 is 0. The Bertz CT molecular complexity index is 616. The predicted molar refractivity (Wildman–Crippen MR) is 85.1 cm³/mol. The van der Waals surface area contributed by atoms with Crippen LogP contribution in [-0.2, 0) is 6.42 Å². The van der Waals surface area contributed by atoms with Gasteiger partial charge in [-0.05, 0) is 30.5 Å². The number of halogens is 3. The maximum absolute atomic E-state index is 6.26. The molecule has 0 saturated heterocycles. The summed E-state index contributed by atoms with van der Waals surface area (Å²) in [7, 11) is 0. The van der Waals surface area contributed by atoms with E-state index >= 15 is 0 Å². The van der Waals surface area contributed by atoms with E-state index in [1.165, 1.54) is 0 Å². The maximum Gasteiger partial charge on any atom is 0.136 e. The Labute approximate surface area is 134 Å². The van der Waals surface area contributed by atoms with Crippen molar-refractivity contribution in [2.75, 3.05) is 0 Å². The Balaban J connectivity index is 2.35. The van der Waals surface area contributed by atoms with Crippen LogP contribution in [0.2, 0.25) is 15.2 Å². The number of benzene rings is 1. The molecule has 0 amide bonds. The van der Waals surface area contributed by atoms with Crippen LogP contribution >= 0.6 is 34.8 Å². The highest BCUT2D eigenvalue weighted by molar-refractivity contribution is 6.35. The van der Waals surface area contributed by atoms with Gasteiger partial charge in [-0.1, -0.05) is 54.7 Å². The summed E-state index contributed by atoms with van der Waals surface area (Å²) in [6.07, 6.45) is 0.537.